The summed E-state index contributed by atoms with van der Waals surface area (Å²) in [7, 11) is 0. The Hall–Kier alpha value is -2.63. The van der Waals surface area contributed by atoms with Crippen LogP contribution < -0.4 is 10.9 Å². The highest BCUT2D eigenvalue weighted by atomic mass is 16.6. The second kappa shape index (κ2) is 6.94. The molecule has 138 valence electrons. The number of hydrogen-bond acceptors (Lipinski definition) is 5. The van der Waals surface area contributed by atoms with Crippen LogP contribution in [0.5, 0.6) is 0 Å². The van der Waals surface area contributed by atoms with Crippen LogP contribution in [0.15, 0.2) is 35.3 Å². The largest absolute Gasteiger partial charge is 0.458 e. The van der Waals surface area contributed by atoms with E-state index in [4.69, 9.17) is 4.74 Å². The molecule has 1 atom stereocenters. The highest BCUT2D eigenvalue weighted by molar-refractivity contribution is 5.75. The maximum absolute atomic E-state index is 12.9. The molecule has 2 aromatic rings. The first-order valence-electron chi connectivity index (χ1n) is 8.87. The van der Waals surface area contributed by atoms with E-state index in [9.17, 15) is 9.59 Å². The number of nitrogens with zero attached hydrogens (tertiary/aromatic N) is 2. The topological polar surface area (TPSA) is 73.2 Å². The molecular formula is C20H25N3O3. The average Bonchev–Trinajstić information content (AvgIpc) is 2.98. The number of aryl methyl sites for hydroxylation is 2. The summed E-state index contributed by atoms with van der Waals surface area (Å²) in [6.45, 7) is 8.01. The highest BCUT2D eigenvalue weighted by Gasteiger charge is 2.34. The highest BCUT2D eigenvalue weighted by Crippen LogP contribution is 2.26. The summed E-state index contributed by atoms with van der Waals surface area (Å²) in [5.74, 6) is 0.253. The van der Waals surface area contributed by atoms with Crippen LogP contribution in [0.1, 0.15) is 50.2 Å². The third kappa shape index (κ3) is 3.95. The van der Waals surface area contributed by atoms with Crippen molar-refractivity contribution < 1.29 is 9.53 Å². The Bertz CT molecular complexity index is 881. The summed E-state index contributed by atoms with van der Waals surface area (Å²) in [6, 6.07) is 7.47. The fourth-order valence-corrected chi connectivity index (χ4v) is 3.14. The lowest BCUT2D eigenvalue weighted by atomic mass is 10.1. The van der Waals surface area contributed by atoms with Crippen LogP contribution in [0.2, 0.25) is 0 Å². The van der Waals surface area contributed by atoms with Gasteiger partial charge in [0.15, 0.2) is 0 Å². The molecule has 0 unspecified atom stereocenters. The smallest absolute Gasteiger partial charge is 0.329 e. The molecule has 1 N–H and O–H groups in total. The Morgan fingerprint density at radius 1 is 1.38 bits per heavy atom. The summed E-state index contributed by atoms with van der Waals surface area (Å²) in [5.41, 5.74) is 1.83. The van der Waals surface area contributed by atoms with Crippen molar-refractivity contribution in [3.8, 4) is 0 Å². The molecule has 0 bridgehead atoms. The zero-order valence-electron chi connectivity index (χ0n) is 15.7. The van der Waals surface area contributed by atoms with Gasteiger partial charge in [-0.15, -0.1) is 0 Å². The predicted octanol–water partition coefficient (Wildman–Crippen LogP) is 2.99. The zero-order valence-corrected chi connectivity index (χ0v) is 15.7. The van der Waals surface area contributed by atoms with Crippen LogP contribution in [0, 0.1) is 6.92 Å². The van der Waals surface area contributed by atoms with Gasteiger partial charge in [-0.05, 0) is 39.7 Å². The number of nitrogens with one attached hydrogen (secondary N) is 1. The molecule has 6 nitrogen and oxygen atoms in total. The molecule has 0 aliphatic carbocycles. The number of fused-ring (bicyclic) bond motifs is 1. The molecule has 0 spiro atoms. The monoisotopic (exact) mass is 355 g/mol. The molecule has 0 radical (unpaired) electrons. The van der Waals surface area contributed by atoms with Gasteiger partial charge in [0.1, 0.15) is 23.2 Å². The summed E-state index contributed by atoms with van der Waals surface area (Å²) in [5, 5.41) is 3.15. The molecule has 3 rings (SSSR count). The van der Waals surface area contributed by atoms with E-state index in [1.54, 1.807) is 6.20 Å². The normalized spacial score (nSPS) is 16.2. The fourth-order valence-electron chi connectivity index (χ4n) is 3.14. The van der Waals surface area contributed by atoms with E-state index in [0.29, 0.717) is 30.9 Å². The minimum Gasteiger partial charge on any atom is -0.458 e. The van der Waals surface area contributed by atoms with Crippen molar-refractivity contribution in [2.75, 3.05) is 5.32 Å². The molecule has 6 heteroatoms. The van der Waals surface area contributed by atoms with Gasteiger partial charge in [0.05, 0.1) is 6.20 Å². The number of esters is 1. The van der Waals surface area contributed by atoms with E-state index in [2.05, 4.69) is 16.4 Å². The summed E-state index contributed by atoms with van der Waals surface area (Å²) >= 11 is 0. The number of ether oxygens (including phenoxy) is 1. The van der Waals surface area contributed by atoms with Crippen LogP contribution in [-0.2, 0) is 22.5 Å². The number of hydrogen-bond donors (Lipinski definition) is 1. The minimum atomic E-state index is -0.607. The molecule has 1 aromatic carbocycles. The van der Waals surface area contributed by atoms with Crippen LogP contribution in [0.25, 0.3) is 0 Å². The van der Waals surface area contributed by atoms with Crippen molar-refractivity contribution in [2.24, 2.45) is 0 Å². The summed E-state index contributed by atoms with van der Waals surface area (Å²) < 4.78 is 6.95. The SMILES string of the molecule is Cc1cccc(CNc2cnc3n(c2=O)[C@H](C(=O)OC(C)(C)C)CC3)c1. The van der Waals surface area contributed by atoms with Crippen molar-refractivity contribution in [3.63, 3.8) is 0 Å². The average molecular weight is 355 g/mol. The Morgan fingerprint density at radius 3 is 2.85 bits per heavy atom. The molecule has 26 heavy (non-hydrogen) atoms. The molecule has 0 amide bonds. The van der Waals surface area contributed by atoms with Gasteiger partial charge >= 0.3 is 5.97 Å². The first-order chi connectivity index (χ1) is 12.2. The maximum Gasteiger partial charge on any atom is 0.329 e. The molecule has 2 heterocycles. The lowest BCUT2D eigenvalue weighted by Gasteiger charge is -2.23. The van der Waals surface area contributed by atoms with Crippen molar-refractivity contribution in [2.45, 2.75) is 58.7 Å². The Labute approximate surface area is 153 Å². The van der Waals surface area contributed by atoms with Crippen LogP contribution in [0.4, 0.5) is 5.69 Å². The number of anilines is 1. The summed E-state index contributed by atoms with van der Waals surface area (Å²) in [4.78, 5) is 29.7. The van der Waals surface area contributed by atoms with Gasteiger partial charge in [0, 0.05) is 13.0 Å². The van der Waals surface area contributed by atoms with Gasteiger partial charge in [0.2, 0.25) is 0 Å². The van der Waals surface area contributed by atoms with Gasteiger partial charge in [-0.25, -0.2) is 9.78 Å². The molecule has 0 saturated heterocycles. The quantitative estimate of drug-likeness (QED) is 0.854. The number of rotatable bonds is 4. The van der Waals surface area contributed by atoms with Crippen LogP contribution in [0.3, 0.4) is 0 Å². The zero-order chi connectivity index (χ0) is 18.9. The van der Waals surface area contributed by atoms with Gasteiger partial charge in [-0.2, -0.15) is 0 Å². The third-order valence-electron chi connectivity index (χ3n) is 4.27. The van der Waals surface area contributed by atoms with E-state index in [-0.39, 0.29) is 11.5 Å². The van der Waals surface area contributed by atoms with E-state index in [0.717, 1.165) is 11.1 Å². The maximum atomic E-state index is 12.9. The van der Waals surface area contributed by atoms with E-state index >= 15 is 0 Å². The molecule has 0 fully saturated rings. The first-order valence-corrected chi connectivity index (χ1v) is 8.87. The van der Waals surface area contributed by atoms with Crippen LogP contribution >= 0.6 is 0 Å². The van der Waals surface area contributed by atoms with Gasteiger partial charge < -0.3 is 10.1 Å². The van der Waals surface area contributed by atoms with Gasteiger partial charge in [-0.3, -0.25) is 9.36 Å². The fraction of sp³-hybridized carbons (Fsp3) is 0.450. The first kappa shape index (κ1) is 18.2. The second-order valence-electron chi connectivity index (χ2n) is 7.69. The molecule has 1 aromatic heterocycles. The van der Waals surface area contributed by atoms with E-state index < -0.39 is 11.6 Å². The standard InChI is InChI=1S/C20H25N3O3/c1-13-6-5-7-14(10-13)11-21-15-12-22-17-9-8-16(23(17)18(15)24)19(25)26-20(2,3)4/h5-7,10,12,16,21H,8-9,11H2,1-4H3/t16-/m0/s1. The van der Waals surface area contributed by atoms with Gasteiger partial charge in [-0.1, -0.05) is 29.8 Å². The predicted molar refractivity (Wildman–Crippen MR) is 100 cm³/mol. The summed E-state index contributed by atoms with van der Waals surface area (Å²) in [6.07, 6.45) is 2.69. The van der Waals surface area contributed by atoms with Crippen molar-refractivity contribution in [1.82, 2.24) is 9.55 Å². The van der Waals surface area contributed by atoms with E-state index in [1.807, 2.05) is 45.9 Å². The number of aromatic nitrogens is 2. The van der Waals surface area contributed by atoms with Crippen molar-refractivity contribution >= 4 is 11.7 Å². The van der Waals surface area contributed by atoms with E-state index in [1.165, 1.54) is 4.57 Å². The number of benzene rings is 1. The van der Waals surface area contributed by atoms with Crippen molar-refractivity contribution in [3.05, 3.63) is 57.8 Å². The Kier molecular flexibility index (Phi) is 4.85. The van der Waals surface area contributed by atoms with Gasteiger partial charge in [0.25, 0.3) is 5.56 Å². The van der Waals surface area contributed by atoms with Crippen LogP contribution in [-0.4, -0.2) is 21.1 Å². The number of carbonyl (C=O) groups excluding carboxylic acids is 1. The second-order valence-corrected chi connectivity index (χ2v) is 7.69. The minimum absolute atomic E-state index is 0.226. The van der Waals surface area contributed by atoms with Crippen molar-refractivity contribution in [1.29, 1.82) is 0 Å². The Morgan fingerprint density at radius 2 is 2.15 bits per heavy atom. The molecule has 0 saturated carbocycles. The lowest BCUT2D eigenvalue weighted by molar-refractivity contribution is -0.158. The lowest BCUT2D eigenvalue weighted by Crippen LogP contribution is -2.34. The molecular weight excluding hydrogens is 330 g/mol. The third-order valence-corrected chi connectivity index (χ3v) is 4.27. The Balaban J connectivity index is 1.82. The molecule has 1 aliphatic rings. The molecule has 1 aliphatic heterocycles. The number of carbonyl (C=O) groups is 1.